The predicted octanol–water partition coefficient (Wildman–Crippen LogP) is 2.90. The lowest BCUT2D eigenvalue weighted by molar-refractivity contribution is -0.00647. The van der Waals surface area contributed by atoms with Crippen molar-refractivity contribution in [2.24, 2.45) is 23.2 Å². The van der Waals surface area contributed by atoms with Gasteiger partial charge in [0.2, 0.25) is 0 Å². The Morgan fingerprint density at radius 3 is 2.24 bits per heavy atom. The molecule has 3 heteroatoms. The topological polar surface area (TPSA) is 43.7 Å². The molecule has 1 saturated heterocycles. The summed E-state index contributed by atoms with van der Waals surface area (Å²) in [5, 5.41) is 20.0. The van der Waals surface area contributed by atoms with Crippen LogP contribution in [-0.2, 0) is 0 Å². The van der Waals surface area contributed by atoms with E-state index in [0.29, 0.717) is 17.3 Å². The van der Waals surface area contributed by atoms with E-state index < -0.39 is 0 Å². The molecule has 2 rings (SSSR count). The smallest absolute Gasteiger partial charge is 0.0580 e. The molecule has 1 aliphatic carbocycles. The Labute approximate surface area is 130 Å². The SMILES string of the molecule is CC(O)C1CCN(CC2CC(C(C)(C)C)CCC2O)CC1. The molecule has 0 bridgehead atoms. The number of hydrogen-bond acceptors (Lipinski definition) is 3. The maximum absolute atomic E-state index is 10.4. The Balaban J connectivity index is 1.84. The van der Waals surface area contributed by atoms with Crippen molar-refractivity contribution in [2.75, 3.05) is 19.6 Å². The first-order chi connectivity index (χ1) is 9.77. The highest BCUT2D eigenvalue weighted by atomic mass is 16.3. The zero-order valence-electron chi connectivity index (χ0n) is 14.4. The minimum atomic E-state index is -0.169. The maximum Gasteiger partial charge on any atom is 0.0580 e. The minimum absolute atomic E-state index is 0.113. The summed E-state index contributed by atoms with van der Waals surface area (Å²) in [6.07, 6.45) is 5.23. The summed E-state index contributed by atoms with van der Waals surface area (Å²) in [6, 6.07) is 0. The highest BCUT2D eigenvalue weighted by molar-refractivity contribution is 4.88. The number of aliphatic hydroxyl groups excluding tert-OH is 2. The van der Waals surface area contributed by atoms with Gasteiger partial charge in [-0.15, -0.1) is 0 Å². The Hall–Kier alpha value is -0.120. The summed E-state index contributed by atoms with van der Waals surface area (Å²) < 4.78 is 0. The standard InChI is InChI=1S/C18H35NO2/c1-13(20)14-7-9-19(10-8-14)12-15-11-16(18(2,3)4)5-6-17(15)21/h13-17,20-21H,5-12H2,1-4H3. The van der Waals surface area contributed by atoms with Crippen molar-refractivity contribution in [1.82, 2.24) is 4.90 Å². The second-order valence-electron chi connectivity index (χ2n) is 8.58. The van der Waals surface area contributed by atoms with Crippen LogP contribution in [0.15, 0.2) is 0 Å². The van der Waals surface area contributed by atoms with Crippen molar-refractivity contribution in [1.29, 1.82) is 0 Å². The van der Waals surface area contributed by atoms with Crippen LogP contribution < -0.4 is 0 Å². The monoisotopic (exact) mass is 297 g/mol. The zero-order chi connectivity index (χ0) is 15.6. The third-order valence-electron chi connectivity index (χ3n) is 5.97. The lowest BCUT2D eigenvalue weighted by atomic mass is 9.68. The van der Waals surface area contributed by atoms with Gasteiger partial charge in [0.25, 0.3) is 0 Å². The number of hydrogen-bond donors (Lipinski definition) is 2. The van der Waals surface area contributed by atoms with Gasteiger partial charge >= 0.3 is 0 Å². The molecule has 1 aliphatic heterocycles. The van der Waals surface area contributed by atoms with E-state index in [4.69, 9.17) is 0 Å². The van der Waals surface area contributed by atoms with Crippen LogP contribution in [0.25, 0.3) is 0 Å². The highest BCUT2D eigenvalue weighted by Gasteiger charge is 2.36. The number of piperidine rings is 1. The fourth-order valence-electron chi connectivity index (χ4n) is 4.18. The van der Waals surface area contributed by atoms with Crippen LogP contribution in [0.2, 0.25) is 0 Å². The van der Waals surface area contributed by atoms with Gasteiger partial charge < -0.3 is 15.1 Å². The molecule has 4 unspecified atom stereocenters. The Bertz CT molecular complexity index is 316. The van der Waals surface area contributed by atoms with E-state index in [0.717, 1.165) is 44.8 Å². The number of nitrogens with zero attached hydrogens (tertiary/aromatic N) is 1. The van der Waals surface area contributed by atoms with E-state index >= 15 is 0 Å². The summed E-state index contributed by atoms with van der Waals surface area (Å²) in [4.78, 5) is 2.51. The van der Waals surface area contributed by atoms with E-state index in [1.54, 1.807) is 0 Å². The van der Waals surface area contributed by atoms with Crippen molar-refractivity contribution in [3.63, 3.8) is 0 Å². The molecule has 0 aromatic carbocycles. The summed E-state index contributed by atoms with van der Waals surface area (Å²) in [7, 11) is 0. The Kier molecular flexibility index (Phi) is 5.72. The molecule has 3 nitrogen and oxygen atoms in total. The second kappa shape index (κ2) is 6.97. The summed E-state index contributed by atoms with van der Waals surface area (Å²) >= 11 is 0. The van der Waals surface area contributed by atoms with Crippen molar-refractivity contribution in [3.8, 4) is 0 Å². The molecule has 0 spiro atoms. The van der Waals surface area contributed by atoms with Crippen molar-refractivity contribution < 1.29 is 10.2 Å². The molecule has 1 heterocycles. The molecule has 1 saturated carbocycles. The first-order valence-electron chi connectivity index (χ1n) is 8.86. The van der Waals surface area contributed by atoms with Gasteiger partial charge in [0.05, 0.1) is 12.2 Å². The van der Waals surface area contributed by atoms with Gasteiger partial charge in [-0.1, -0.05) is 20.8 Å². The largest absolute Gasteiger partial charge is 0.393 e. The average molecular weight is 297 g/mol. The lowest BCUT2D eigenvalue weighted by Gasteiger charge is -2.43. The van der Waals surface area contributed by atoms with Crippen LogP contribution in [0.5, 0.6) is 0 Å². The van der Waals surface area contributed by atoms with Gasteiger partial charge in [-0.2, -0.15) is 0 Å². The number of likely N-dealkylation sites (tertiary alicyclic amines) is 1. The Morgan fingerprint density at radius 1 is 1.10 bits per heavy atom. The van der Waals surface area contributed by atoms with Gasteiger partial charge in [-0.3, -0.25) is 0 Å². The Morgan fingerprint density at radius 2 is 1.71 bits per heavy atom. The fraction of sp³-hybridized carbons (Fsp3) is 1.00. The third-order valence-corrected chi connectivity index (χ3v) is 5.97. The van der Waals surface area contributed by atoms with Gasteiger partial charge in [0.15, 0.2) is 0 Å². The van der Waals surface area contributed by atoms with Gasteiger partial charge in [0.1, 0.15) is 0 Å². The molecule has 0 aromatic rings. The van der Waals surface area contributed by atoms with Crippen LogP contribution in [0.4, 0.5) is 0 Å². The van der Waals surface area contributed by atoms with Gasteiger partial charge in [0, 0.05) is 6.54 Å². The second-order valence-corrected chi connectivity index (χ2v) is 8.58. The first kappa shape index (κ1) is 17.2. The first-order valence-corrected chi connectivity index (χ1v) is 8.86. The molecule has 4 atom stereocenters. The molecule has 0 radical (unpaired) electrons. The summed E-state index contributed by atoms with van der Waals surface area (Å²) in [5.74, 6) is 1.65. The molecule has 0 amide bonds. The zero-order valence-corrected chi connectivity index (χ0v) is 14.4. The highest BCUT2D eigenvalue weighted by Crippen LogP contribution is 2.40. The predicted molar refractivity (Wildman–Crippen MR) is 87.1 cm³/mol. The van der Waals surface area contributed by atoms with E-state index in [9.17, 15) is 10.2 Å². The lowest BCUT2D eigenvalue weighted by Crippen LogP contribution is -2.44. The quantitative estimate of drug-likeness (QED) is 0.842. The van der Waals surface area contributed by atoms with Crippen molar-refractivity contribution >= 4 is 0 Å². The van der Waals surface area contributed by atoms with Crippen molar-refractivity contribution in [3.05, 3.63) is 0 Å². The molecule has 2 N–H and O–H groups in total. The average Bonchev–Trinajstić information content (AvgIpc) is 2.40. The van der Waals surface area contributed by atoms with Crippen LogP contribution in [0, 0.1) is 23.2 Å². The van der Waals surface area contributed by atoms with E-state index in [2.05, 4.69) is 25.7 Å². The van der Waals surface area contributed by atoms with Gasteiger partial charge in [-0.05, 0) is 75.3 Å². The van der Waals surface area contributed by atoms with Crippen LogP contribution in [0.3, 0.4) is 0 Å². The molecule has 0 aromatic heterocycles. The summed E-state index contributed by atoms with van der Waals surface area (Å²) in [6.45, 7) is 12.1. The van der Waals surface area contributed by atoms with Gasteiger partial charge in [-0.25, -0.2) is 0 Å². The number of rotatable bonds is 3. The van der Waals surface area contributed by atoms with Crippen LogP contribution >= 0.6 is 0 Å². The third kappa shape index (κ3) is 4.67. The normalized spacial score (nSPS) is 34.9. The molecular formula is C18H35NO2. The molecular weight excluding hydrogens is 262 g/mol. The van der Waals surface area contributed by atoms with Crippen LogP contribution in [0.1, 0.15) is 59.8 Å². The van der Waals surface area contributed by atoms with Crippen molar-refractivity contribution in [2.45, 2.75) is 72.0 Å². The van der Waals surface area contributed by atoms with E-state index in [-0.39, 0.29) is 12.2 Å². The van der Waals surface area contributed by atoms with Crippen LogP contribution in [-0.4, -0.2) is 47.0 Å². The van der Waals surface area contributed by atoms with E-state index in [1.165, 1.54) is 12.8 Å². The molecule has 2 fully saturated rings. The number of aliphatic hydroxyl groups is 2. The maximum atomic E-state index is 10.4. The molecule has 124 valence electrons. The van der Waals surface area contributed by atoms with E-state index in [1.807, 2.05) is 6.92 Å². The minimum Gasteiger partial charge on any atom is -0.393 e. The fourth-order valence-corrected chi connectivity index (χ4v) is 4.18. The molecule has 2 aliphatic rings. The molecule has 21 heavy (non-hydrogen) atoms. The summed E-state index contributed by atoms with van der Waals surface area (Å²) in [5.41, 5.74) is 0.359.